The number of methoxy groups -OCH3 is 1. The third-order valence-corrected chi connectivity index (χ3v) is 5.22. The minimum atomic E-state index is 0.130. The Kier molecular flexibility index (Phi) is 7.11. The van der Waals surface area contributed by atoms with Crippen LogP contribution in [-0.2, 0) is 9.47 Å². The molecule has 2 heterocycles. The van der Waals surface area contributed by atoms with Gasteiger partial charge in [0.15, 0.2) is 5.96 Å². The van der Waals surface area contributed by atoms with E-state index >= 15 is 0 Å². The number of guanidine groups is 1. The van der Waals surface area contributed by atoms with Crippen molar-refractivity contribution >= 4 is 5.96 Å². The second-order valence-corrected chi connectivity index (χ2v) is 6.96. The fourth-order valence-corrected chi connectivity index (χ4v) is 3.54. The molecule has 1 N–H and O–H groups in total. The Balaban J connectivity index is 2.03. The van der Waals surface area contributed by atoms with Crippen molar-refractivity contribution in [1.29, 1.82) is 0 Å². The quantitative estimate of drug-likeness (QED) is 0.584. The average Bonchev–Trinajstić information content (AvgIpc) is 3.01. The van der Waals surface area contributed by atoms with Crippen molar-refractivity contribution in [1.82, 2.24) is 15.1 Å². The third-order valence-electron chi connectivity index (χ3n) is 5.22. The maximum absolute atomic E-state index is 5.55. The van der Waals surface area contributed by atoms with Gasteiger partial charge in [-0.25, -0.2) is 0 Å². The molecule has 1 atom stereocenters. The highest BCUT2D eigenvalue weighted by Gasteiger charge is 2.35. The summed E-state index contributed by atoms with van der Waals surface area (Å²) in [5.41, 5.74) is 0.130. The summed E-state index contributed by atoms with van der Waals surface area (Å²) in [5.74, 6) is 1.67. The molecule has 2 aliphatic rings. The molecule has 2 fully saturated rings. The fourth-order valence-electron chi connectivity index (χ4n) is 3.54. The van der Waals surface area contributed by atoms with Crippen LogP contribution in [0, 0.1) is 5.92 Å². The van der Waals surface area contributed by atoms with Gasteiger partial charge in [0.1, 0.15) is 0 Å². The largest absolute Gasteiger partial charge is 0.384 e. The molecule has 23 heavy (non-hydrogen) atoms. The molecule has 0 aromatic heterocycles. The maximum atomic E-state index is 5.55. The zero-order chi connectivity index (χ0) is 16.7. The predicted molar refractivity (Wildman–Crippen MR) is 94.0 cm³/mol. The maximum Gasteiger partial charge on any atom is 0.193 e. The van der Waals surface area contributed by atoms with E-state index in [1.165, 1.54) is 6.42 Å². The van der Waals surface area contributed by atoms with Crippen LogP contribution in [0.25, 0.3) is 0 Å². The average molecular weight is 326 g/mol. The summed E-state index contributed by atoms with van der Waals surface area (Å²) in [4.78, 5) is 9.72. The predicted octanol–water partition coefficient (Wildman–Crippen LogP) is 1.03. The normalized spacial score (nSPS) is 25.2. The van der Waals surface area contributed by atoms with Gasteiger partial charge in [0.25, 0.3) is 0 Å². The lowest BCUT2D eigenvalue weighted by atomic mass is 9.89. The molecule has 2 rings (SSSR count). The summed E-state index contributed by atoms with van der Waals surface area (Å²) >= 11 is 0. The minimum absolute atomic E-state index is 0.130. The summed E-state index contributed by atoms with van der Waals surface area (Å²) in [5, 5.41) is 3.47. The van der Waals surface area contributed by atoms with E-state index in [0.717, 1.165) is 64.8 Å². The summed E-state index contributed by atoms with van der Waals surface area (Å²) < 4.78 is 10.9. The van der Waals surface area contributed by atoms with Crippen LogP contribution in [-0.4, -0.2) is 88.5 Å². The highest BCUT2D eigenvalue weighted by molar-refractivity contribution is 5.80. The molecule has 2 aliphatic heterocycles. The Hall–Kier alpha value is -0.850. The van der Waals surface area contributed by atoms with Crippen molar-refractivity contribution in [2.24, 2.45) is 10.9 Å². The number of rotatable bonds is 6. The molecule has 6 nitrogen and oxygen atoms in total. The van der Waals surface area contributed by atoms with Gasteiger partial charge in [-0.1, -0.05) is 0 Å². The first kappa shape index (κ1) is 18.5. The Labute approximate surface area is 141 Å². The number of nitrogens with zero attached hydrogens (tertiary/aromatic N) is 3. The van der Waals surface area contributed by atoms with Crippen LogP contribution in [0.3, 0.4) is 0 Å². The standard InChI is InChI=1S/C17H34N4O2/c1-5-18-16(21-9-6-15(12-21)13-22-4)19-14-17(20(2)3)7-10-23-11-8-17/h15H,5-14H2,1-4H3,(H,18,19). The molecule has 1 unspecified atom stereocenters. The highest BCUT2D eigenvalue weighted by Crippen LogP contribution is 2.26. The van der Waals surface area contributed by atoms with Crippen molar-refractivity contribution < 1.29 is 9.47 Å². The molecule has 2 saturated heterocycles. The van der Waals surface area contributed by atoms with Crippen molar-refractivity contribution in [3.63, 3.8) is 0 Å². The summed E-state index contributed by atoms with van der Waals surface area (Å²) in [6.07, 6.45) is 3.29. The van der Waals surface area contributed by atoms with Crippen LogP contribution >= 0.6 is 0 Å². The van der Waals surface area contributed by atoms with Crippen LogP contribution in [0.15, 0.2) is 4.99 Å². The lowest BCUT2D eigenvalue weighted by molar-refractivity contribution is -0.00263. The number of hydrogen-bond acceptors (Lipinski definition) is 4. The van der Waals surface area contributed by atoms with E-state index in [1.54, 1.807) is 7.11 Å². The number of nitrogens with one attached hydrogen (secondary N) is 1. The topological polar surface area (TPSA) is 49.3 Å². The first-order valence-electron chi connectivity index (χ1n) is 8.88. The zero-order valence-corrected chi connectivity index (χ0v) is 15.3. The number of aliphatic imine (C=N–C) groups is 1. The Morgan fingerprint density at radius 1 is 1.39 bits per heavy atom. The lowest BCUT2D eigenvalue weighted by Crippen LogP contribution is -2.52. The van der Waals surface area contributed by atoms with Gasteiger partial charge in [-0.2, -0.15) is 0 Å². The van der Waals surface area contributed by atoms with Gasteiger partial charge in [-0.05, 0) is 40.3 Å². The molecular formula is C17H34N4O2. The van der Waals surface area contributed by atoms with Crippen LogP contribution in [0.2, 0.25) is 0 Å². The first-order chi connectivity index (χ1) is 11.1. The minimum Gasteiger partial charge on any atom is -0.384 e. The molecule has 0 aromatic carbocycles. The molecule has 0 bridgehead atoms. The molecule has 0 amide bonds. The smallest absolute Gasteiger partial charge is 0.193 e. The van der Waals surface area contributed by atoms with Crippen LogP contribution < -0.4 is 5.32 Å². The van der Waals surface area contributed by atoms with Gasteiger partial charge in [-0.3, -0.25) is 4.99 Å². The molecular weight excluding hydrogens is 292 g/mol. The lowest BCUT2D eigenvalue weighted by Gasteiger charge is -2.42. The van der Waals surface area contributed by atoms with E-state index in [9.17, 15) is 0 Å². The SMILES string of the molecule is CCNC(=NCC1(N(C)C)CCOCC1)N1CCC(COC)C1. The molecule has 0 aromatic rings. The zero-order valence-electron chi connectivity index (χ0n) is 15.3. The van der Waals surface area contributed by atoms with E-state index in [0.29, 0.717) is 5.92 Å². The van der Waals surface area contributed by atoms with Crippen LogP contribution in [0.1, 0.15) is 26.2 Å². The molecule has 0 radical (unpaired) electrons. The van der Waals surface area contributed by atoms with Crippen LogP contribution in [0.4, 0.5) is 0 Å². The van der Waals surface area contributed by atoms with Gasteiger partial charge in [0.2, 0.25) is 0 Å². The Bertz CT molecular complexity index is 381. The Morgan fingerprint density at radius 2 is 2.13 bits per heavy atom. The van der Waals surface area contributed by atoms with Gasteiger partial charge >= 0.3 is 0 Å². The van der Waals surface area contributed by atoms with Gasteiger partial charge < -0.3 is 24.6 Å². The van der Waals surface area contributed by atoms with Crippen molar-refractivity contribution in [3.8, 4) is 0 Å². The second-order valence-electron chi connectivity index (χ2n) is 6.96. The third kappa shape index (κ3) is 4.81. The van der Waals surface area contributed by atoms with Crippen molar-refractivity contribution in [3.05, 3.63) is 0 Å². The van der Waals surface area contributed by atoms with Gasteiger partial charge in [-0.15, -0.1) is 0 Å². The number of hydrogen-bond donors (Lipinski definition) is 1. The van der Waals surface area contributed by atoms with Gasteiger partial charge in [0.05, 0.1) is 13.2 Å². The highest BCUT2D eigenvalue weighted by atomic mass is 16.5. The van der Waals surface area contributed by atoms with Crippen molar-refractivity contribution in [2.75, 3.05) is 67.2 Å². The van der Waals surface area contributed by atoms with E-state index in [2.05, 4.69) is 36.1 Å². The van der Waals surface area contributed by atoms with E-state index in [4.69, 9.17) is 14.5 Å². The van der Waals surface area contributed by atoms with Crippen molar-refractivity contribution in [2.45, 2.75) is 31.7 Å². The molecule has 0 saturated carbocycles. The van der Waals surface area contributed by atoms with Gasteiger partial charge in [0, 0.05) is 51.4 Å². The summed E-state index contributed by atoms with van der Waals surface area (Å²) in [6, 6.07) is 0. The summed E-state index contributed by atoms with van der Waals surface area (Å²) in [6.45, 7) is 8.49. The van der Waals surface area contributed by atoms with E-state index < -0.39 is 0 Å². The molecule has 134 valence electrons. The fraction of sp³-hybridized carbons (Fsp3) is 0.941. The Morgan fingerprint density at radius 3 is 2.74 bits per heavy atom. The molecule has 0 spiro atoms. The number of ether oxygens (including phenoxy) is 2. The number of likely N-dealkylation sites (N-methyl/N-ethyl adjacent to an activating group) is 1. The van der Waals surface area contributed by atoms with Crippen LogP contribution in [0.5, 0.6) is 0 Å². The van der Waals surface area contributed by atoms with E-state index in [1.807, 2.05) is 0 Å². The molecule has 0 aliphatic carbocycles. The molecule has 6 heteroatoms. The second kappa shape index (κ2) is 8.85. The number of likely N-dealkylation sites (tertiary alicyclic amines) is 1. The summed E-state index contributed by atoms with van der Waals surface area (Å²) in [7, 11) is 6.12. The first-order valence-corrected chi connectivity index (χ1v) is 8.88. The van der Waals surface area contributed by atoms with E-state index in [-0.39, 0.29) is 5.54 Å². The monoisotopic (exact) mass is 326 g/mol.